The Morgan fingerprint density at radius 1 is 1.25 bits per heavy atom. The van der Waals surface area contributed by atoms with Crippen LogP contribution in [0.5, 0.6) is 0 Å². The first-order chi connectivity index (χ1) is 11.4. The van der Waals surface area contributed by atoms with Gasteiger partial charge in [0.05, 0.1) is 11.6 Å². The Morgan fingerprint density at radius 2 is 1.83 bits per heavy atom. The highest BCUT2D eigenvalue weighted by Gasteiger charge is 2.28. The van der Waals surface area contributed by atoms with Gasteiger partial charge >= 0.3 is 0 Å². The van der Waals surface area contributed by atoms with Crippen LogP contribution in [0.2, 0.25) is 0 Å². The van der Waals surface area contributed by atoms with Crippen LogP contribution in [0.25, 0.3) is 0 Å². The number of nitrogens with zero attached hydrogens (tertiary/aromatic N) is 3. The highest BCUT2D eigenvalue weighted by molar-refractivity contribution is 5.92. The van der Waals surface area contributed by atoms with Gasteiger partial charge < -0.3 is 10.2 Å². The summed E-state index contributed by atoms with van der Waals surface area (Å²) in [6.07, 6.45) is 4.38. The van der Waals surface area contributed by atoms with Crippen molar-refractivity contribution in [1.82, 2.24) is 25.7 Å². The summed E-state index contributed by atoms with van der Waals surface area (Å²) in [4.78, 5) is 34.4. The number of likely N-dealkylation sites (tertiary alicyclic amines) is 1. The van der Waals surface area contributed by atoms with Crippen molar-refractivity contribution < 1.29 is 14.8 Å². The molecule has 8 nitrogen and oxygen atoms in total. The summed E-state index contributed by atoms with van der Waals surface area (Å²) >= 11 is 0. The minimum Gasteiger partial charge on any atom is -0.346 e. The standard InChI is InChI=1S/C16H25N5O3/c1-10(2)13(14-17-8-12(9-18-14)16(23)20-24)19-15(22)11-4-6-21(3)7-5-11/h8-11,13,24H,4-7H2,1-3H3,(H,19,22)(H,20,23)/t13-/m0/s1. The van der Waals surface area contributed by atoms with Crippen LogP contribution in [0.1, 0.15) is 48.9 Å². The average Bonchev–Trinajstić information content (AvgIpc) is 2.59. The molecule has 132 valence electrons. The average molecular weight is 335 g/mol. The minimum absolute atomic E-state index is 0.0156. The zero-order chi connectivity index (χ0) is 17.7. The van der Waals surface area contributed by atoms with Crippen LogP contribution in [0, 0.1) is 11.8 Å². The summed E-state index contributed by atoms with van der Waals surface area (Å²) < 4.78 is 0. The van der Waals surface area contributed by atoms with Crippen molar-refractivity contribution in [1.29, 1.82) is 0 Å². The second-order valence-electron chi connectivity index (χ2n) is 6.58. The normalized spacial score (nSPS) is 17.5. The van der Waals surface area contributed by atoms with E-state index >= 15 is 0 Å². The molecule has 8 heteroatoms. The second-order valence-corrected chi connectivity index (χ2v) is 6.58. The highest BCUT2D eigenvalue weighted by atomic mass is 16.5. The largest absolute Gasteiger partial charge is 0.346 e. The van der Waals surface area contributed by atoms with E-state index in [4.69, 9.17) is 5.21 Å². The van der Waals surface area contributed by atoms with Gasteiger partial charge in [0.2, 0.25) is 5.91 Å². The smallest absolute Gasteiger partial charge is 0.277 e. The molecular formula is C16H25N5O3. The van der Waals surface area contributed by atoms with Crippen molar-refractivity contribution in [2.24, 2.45) is 11.8 Å². The fraction of sp³-hybridized carbons (Fsp3) is 0.625. The molecule has 3 N–H and O–H groups in total. The topological polar surface area (TPSA) is 107 Å². The van der Waals surface area contributed by atoms with Crippen LogP contribution in [0.4, 0.5) is 0 Å². The molecule has 1 aromatic rings. The monoisotopic (exact) mass is 335 g/mol. The van der Waals surface area contributed by atoms with Crippen molar-refractivity contribution in [2.45, 2.75) is 32.7 Å². The Hall–Kier alpha value is -2.06. The summed E-state index contributed by atoms with van der Waals surface area (Å²) in [6, 6.07) is -0.316. The molecule has 0 aromatic carbocycles. The number of amides is 2. The minimum atomic E-state index is -0.669. The van der Waals surface area contributed by atoms with Crippen LogP contribution in [0.3, 0.4) is 0 Å². The van der Waals surface area contributed by atoms with E-state index in [0.717, 1.165) is 25.9 Å². The van der Waals surface area contributed by atoms with E-state index in [0.29, 0.717) is 5.82 Å². The first kappa shape index (κ1) is 18.3. The van der Waals surface area contributed by atoms with Crippen molar-refractivity contribution in [3.8, 4) is 0 Å². The van der Waals surface area contributed by atoms with E-state index in [2.05, 4.69) is 27.2 Å². The molecule has 1 aromatic heterocycles. The molecular weight excluding hydrogens is 310 g/mol. The van der Waals surface area contributed by atoms with Gasteiger partial charge in [-0.05, 0) is 38.9 Å². The number of hydrogen-bond donors (Lipinski definition) is 3. The van der Waals surface area contributed by atoms with Gasteiger partial charge in [0.15, 0.2) is 5.82 Å². The molecule has 1 aliphatic heterocycles. The van der Waals surface area contributed by atoms with Gasteiger partial charge in [-0.15, -0.1) is 0 Å². The third-order valence-corrected chi connectivity index (χ3v) is 4.37. The Balaban J connectivity index is 2.06. The summed E-state index contributed by atoms with van der Waals surface area (Å²) in [6.45, 7) is 5.81. The van der Waals surface area contributed by atoms with E-state index in [9.17, 15) is 9.59 Å². The van der Waals surface area contributed by atoms with Crippen LogP contribution < -0.4 is 10.8 Å². The summed E-state index contributed by atoms with van der Waals surface area (Å²) in [5, 5.41) is 11.7. The van der Waals surface area contributed by atoms with Gasteiger partial charge in [-0.3, -0.25) is 14.8 Å². The number of carbonyl (C=O) groups is 2. The molecule has 2 amide bonds. The predicted octanol–water partition coefficient (Wildman–Crippen LogP) is 0.751. The first-order valence-corrected chi connectivity index (χ1v) is 8.17. The summed E-state index contributed by atoms with van der Waals surface area (Å²) in [7, 11) is 2.06. The van der Waals surface area contributed by atoms with Gasteiger partial charge in [0, 0.05) is 18.3 Å². The van der Waals surface area contributed by atoms with Crippen molar-refractivity contribution in [3.63, 3.8) is 0 Å². The van der Waals surface area contributed by atoms with Gasteiger partial charge in [-0.25, -0.2) is 15.4 Å². The van der Waals surface area contributed by atoms with E-state index in [1.54, 1.807) is 0 Å². The summed E-state index contributed by atoms with van der Waals surface area (Å²) in [5.74, 6) is -0.0547. The number of rotatable bonds is 5. The third kappa shape index (κ3) is 4.48. The van der Waals surface area contributed by atoms with Crippen molar-refractivity contribution >= 4 is 11.8 Å². The van der Waals surface area contributed by atoms with Crippen LogP contribution in [0.15, 0.2) is 12.4 Å². The zero-order valence-electron chi connectivity index (χ0n) is 14.3. The molecule has 1 fully saturated rings. The van der Waals surface area contributed by atoms with Crippen LogP contribution in [-0.4, -0.2) is 52.0 Å². The van der Waals surface area contributed by atoms with E-state index in [-0.39, 0.29) is 29.3 Å². The fourth-order valence-electron chi connectivity index (χ4n) is 2.75. The van der Waals surface area contributed by atoms with Gasteiger partial charge in [0.1, 0.15) is 0 Å². The second kappa shape index (κ2) is 8.16. The molecule has 0 unspecified atom stereocenters. The first-order valence-electron chi connectivity index (χ1n) is 8.17. The Labute approximate surface area is 141 Å². The Kier molecular flexibility index (Phi) is 6.22. The Bertz CT molecular complexity index is 568. The van der Waals surface area contributed by atoms with Crippen LogP contribution >= 0.6 is 0 Å². The molecule has 0 spiro atoms. The van der Waals surface area contributed by atoms with Gasteiger partial charge in [-0.1, -0.05) is 13.8 Å². The van der Waals surface area contributed by atoms with Crippen LogP contribution in [-0.2, 0) is 4.79 Å². The van der Waals surface area contributed by atoms with Gasteiger partial charge in [-0.2, -0.15) is 0 Å². The maximum Gasteiger partial charge on any atom is 0.277 e. The van der Waals surface area contributed by atoms with Crippen molar-refractivity contribution in [2.75, 3.05) is 20.1 Å². The van der Waals surface area contributed by atoms with E-state index in [1.165, 1.54) is 17.9 Å². The molecule has 1 aliphatic rings. The lowest BCUT2D eigenvalue weighted by Gasteiger charge is -2.30. The molecule has 0 radical (unpaired) electrons. The highest BCUT2D eigenvalue weighted by Crippen LogP contribution is 2.22. The predicted molar refractivity (Wildman–Crippen MR) is 87.2 cm³/mol. The lowest BCUT2D eigenvalue weighted by Crippen LogP contribution is -2.41. The molecule has 1 saturated heterocycles. The van der Waals surface area contributed by atoms with E-state index in [1.807, 2.05) is 13.8 Å². The van der Waals surface area contributed by atoms with E-state index < -0.39 is 5.91 Å². The number of piperidine rings is 1. The number of nitrogens with one attached hydrogen (secondary N) is 2. The zero-order valence-corrected chi connectivity index (χ0v) is 14.3. The molecule has 0 aliphatic carbocycles. The summed E-state index contributed by atoms with van der Waals surface area (Å²) in [5.41, 5.74) is 1.70. The molecule has 0 bridgehead atoms. The number of carbonyl (C=O) groups excluding carboxylic acids is 2. The molecule has 24 heavy (non-hydrogen) atoms. The Morgan fingerprint density at radius 3 is 2.33 bits per heavy atom. The molecule has 0 saturated carbocycles. The lowest BCUT2D eigenvalue weighted by atomic mass is 9.94. The van der Waals surface area contributed by atoms with Crippen molar-refractivity contribution in [3.05, 3.63) is 23.8 Å². The molecule has 1 atom stereocenters. The number of hydrogen-bond acceptors (Lipinski definition) is 6. The maximum absolute atomic E-state index is 12.5. The fourth-order valence-corrected chi connectivity index (χ4v) is 2.75. The number of aromatic nitrogens is 2. The quantitative estimate of drug-likeness (QED) is 0.541. The van der Waals surface area contributed by atoms with Gasteiger partial charge in [0.25, 0.3) is 5.91 Å². The molecule has 2 heterocycles. The maximum atomic E-state index is 12.5. The lowest BCUT2D eigenvalue weighted by molar-refractivity contribution is -0.127. The molecule has 2 rings (SSSR count). The number of hydroxylamine groups is 1. The third-order valence-electron chi connectivity index (χ3n) is 4.37. The SMILES string of the molecule is CC(C)[C@H](NC(=O)C1CCN(C)CC1)c1ncc(C(=O)NO)cn1.